The fraction of sp³-hybridized carbons (Fsp3) is 0.387. The second kappa shape index (κ2) is 10.5. The van der Waals surface area contributed by atoms with Gasteiger partial charge in [-0.3, -0.25) is 14.4 Å². The Morgan fingerprint density at radius 2 is 1.82 bits per heavy atom. The number of likely N-dealkylation sites (N-methyl/N-ethyl adjacent to an activating group) is 2. The van der Waals surface area contributed by atoms with Crippen LogP contribution in [-0.4, -0.2) is 67.3 Å². The maximum absolute atomic E-state index is 13.7. The van der Waals surface area contributed by atoms with Gasteiger partial charge in [0.1, 0.15) is 12.0 Å². The van der Waals surface area contributed by atoms with Gasteiger partial charge in [-0.05, 0) is 60.2 Å². The van der Waals surface area contributed by atoms with Crippen LogP contribution < -0.4 is 4.74 Å². The number of carbonyl (C=O) groups excluding carboxylic acids is 3. The van der Waals surface area contributed by atoms with Crippen molar-refractivity contribution in [2.45, 2.75) is 44.6 Å². The summed E-state index contributed by atoms with van der Waals surface area (Å²) in [6.07, 6.45) is 8.72. The Hall–Kier alpha value is -3.87. The highest BCUT2D eigenvalue weighted by molar-refractivity contribution is 6.03. The van der Waals surface area contributed by atoms with E-state index in [-0.39, 0.29) is 18.4 Å². The van der Waals surface area contributed by atoms with Gasteiger partial charge in [-0.15, -0.1) is 0 Å². The van der Waals surface area contributed by atoms with Crippen LogP contribution in [0.25, 0.3) is 28.2 Å². The average Bonchev–Trinajstić information content (AvgIpc) is 3.14. The average molecular weight is 514 g/mol. The summed E-state index contributed by atoms with van der Waals surface area (Å²) < 4.78 is 7.75. The van der Waals surface area contributed by atoms with Crippen molar-refractivity contribution in [3.05, 3.63) is 58.7 Å². The van der Waals surface area contributed by atoms with Crippen LogP contribution in [0.3, 0.4) is 0 Å². The molecular weight excluding hydrogens is 478 g/mol. The lowest BCUT2D eigenvalue weighted by atomic mass is 9.81. The van der Waals surface area contributed by atoms with Gasteiger partial charge in [0.25, 0.3) is 5.91 Å². The number of amides is 2. The molecule has 38 heavy (non-hydrogen) atoms. The summed E-state index contributed by atoms with van der Waals surface area (Å²) in [5.41, 5.74) is 6.52. The normalized spacial score (nSPS) is 15.2. The standard InChI is InChI=1S/C31H35N3O4/c1-32(2)28(36)18-33(3)31(37)23-15-22-16-24(38-4)11-13-25(22)30-29(21-8-6-5-7-9-21)26-12-10-20(19-35)14-27(26)34(30)17-23/h10-16,19,21H,5-9,17-18H2,1-4H3. The minimum atomic E-state index is -0.200. The van der Waals surface area contributed by atoms with Crippen LogP contribution >= 0.6 is 0 Å². The third-order valence-corrected chi connectivity index (χ3v) is 7.94. The number of hydrogen-bond donors (Lipinski definition) is 0. The Morgan fingerprint density at radius 1 is 1.05 bits per heavy atom. The Labute approximate surface area is 223 Å². The van der Waals surface area contributed by atoms with Crippen molar-refractivity contribution >= 4 is 35.1 Å². The van der Waals surface area contributed by atoms with Crippen LogP contribution in [0.2, 0.25) is 0 Å². The highest BCUT2D eigenvalue weighted by Gasteiger charge is 2.31. The lowest BCUT2D eigenvalue weighted by Crippen LogP contribution is -2.38. The van der Waals surface area contributed by atoms with Crippen molar-refractivity contribution in [1.29, 1.82) is 0 Å². The van der Waals surface area contributed by atoms with Gasteiger partial charge < -0.3 is 19.1 Å². The largest absolute Gasteiger partial charge is 0.497 e. The van der Waals surface area contributed by atoms with Crippen LogP contribution in [0, 0.1) is 0 Å². The molecule has 0 saturated heterocycles. The summed E-state index contributed by atoms with van der Waals surface area (Å²) in [5, 5.41) is 1.14. The minimum Gasteiger partial charge on any atom is -0.497 e. The van der Waals surface area contributed by atoms with E-state index in [2.05, 4.69) is 16.7 Å². The molecule has 198 valence electrons. The van der Waals surface area contributed by atoms with E-state index in [1.54, 1.807) is 28.3 Å². The SMILES string of the molecule is COc1ccc2c(c1)C=C(C(=O)N(C)CC(=O)N(C)C)Cn1c-2c(C2CCCCC2)c2ccc(C=O)cc21. The zero-order valence-electron chi connectivity index (χ0n) is 22.6. The molecule has 0 bridgehead atoms. The van der Waals surface area contributed by atoms with E-state index in [9.17, 15) is 14.4 Å². The van der Waals surface area contributed by atoms with E-state index in [1.807, 2.05) is 30.3 Å². The maximum Gasteiger partial charge on any atom is 0.251 e. The Morgan fingerprint density at radius 3 is 2.50 bits per heavy atom. The van der Waals surface area contributed by atoms with Gasteiger partial charge in [0.2, 0.25) is 5.91 Å². The summed E-state index contributed by atoms with van der Waals surface area (Å²) in [6.45, 7) is 0.341. The molecule has 1 aromatic heterocycles. The molecule has 1 fully saturated rings. The van der Waals surface area contributed by atoms with Crippen LogP contribution in [0.1, 0.15) is 59.5 Å². The summed E-state index contributed by atoms with van der Waals surface area (Å²) >= 11 is 0. The summed E-state index contributed by atoms with van der Waals surface area (Å²) in [7, 11) is 6.67. The number of aldehydes is 1. The van der Waals surface area contributed by atoms with Crippen LogP contribution in [-0.2, 0) is 16.1 Å². The number of methoxy groups -OCH3 is 1. The van der Waals surface area contributed by atoms with Gasteiger partial charge in [0.05, 0.1) is 25.9 Å². The van der Waals surface area contributed by atoms with E-state index in [4.69, 9.17) is 4.74 Å². The lowest BCUT2D eigenvalue weighted by molar-refractivity contribution is -0.136. The number of fused-ring (bicyclic) bond motifs is 5. The van der Waals surface area contributed by atoms with Gasteiger partial charge in [-0.25, -0.2) is 0 Å². The number of carbonyl (C=O) groups is 3. The van der Waals surface area contributed by atoms with Gasteiger partial charge in [0.15, 0.2) is 0 Å². The number of rotatable bonds is 6. The van der Waals surface area contributed by atoms with E-state index in [1.165, 1.54) is 34.6 Å². The number of hydrogen-bond acceptors (Lipinski definition) is 4. The first kappa shape index (κ1) is 25.8. The van der Waals surface area contributed by atoms with E-state index in [0.29, 0.717) is 23.6 Å². The molecule has 2 aliphatic rings. The molecule has 7 nitrogen and oxygen atoms in total. The second-order valence-electron chi connectivity index (χ2n) is 10.6. The van der Waals surface area contributed by atoms with Gasteiger partial charge in [-0.1, -0.05) is 31.4 Å². The smallest absolute Gasteiger partial charge is 0.251 e. The molecule has 0 radical (unpaired) electrons. The number of nitrogens with zero attached hydrogens (tertiary/aromatic N) is 3. The molecule has 3 aromatic rings. The predicted octanol–water partition coefficient (Wildman–Crippen LogP) is 5.12. The lowest BCUT2D eigenvalue weighted by Gasteiger charge is -2.24. The van der Waals surface area contributed by atoms with Crippen molar-refractivity contribution in [3.8, 4) is 17.0 Å². The molecule has 2 amide bonds. The molecular formula is C31H35N3O4. The minimum absolute atomic E-state index is 0.00393. The second-order valence-corrected chi connectivity index (χ2v) is 10.6. The first-order valence-electron chi connectivity index (χ1n) is 13.3. The molecule has 0 spiro atoms. The third kappa shape index (κ3) is 4.62. The van der Waals surface area contributed by atoms with Crippen LogP contribution in [0.4, 0.5) is 0 Å². The van der Waals surface area contributed by atoms with Gasteiger partial charge in [-0.2, -0.15) is 0 Å². The highest BCUT2D eigenvalue weighted by Crippen LogP contribution is 2.47. The molecule has 1 aliphatic heterocycles. The summed E-state index contributed by atoms with van der Waals surface area (Å²) in [5.74, 6) is 0.793. The first-order chi connectivity index (χ1) is 18.3. The van der Waals surface area contributed by atoms with Gasteiger partial charge in [0, 0.05) is 48.7 Å². The highest BCUT2D eigenvalue weighted by atomic mass is 16.5. The molecule has 2 aromatic carbocycles. The molecule has 0 unspecified atom stereocenters. The molecule has 1 aliphatic carbocycles. The quantitative estimate of drug-likeness (QED) is 0.429. The summed E-state index contributed by atoms with van der Waals surface area (Å²) in [4.78, 5) is 40.8. The van der Waals surface area contributed by atoms with Crippen LogP contribution in [0.15, 0.2) is 42.0 Å². The predicted molar refractivity (Wildman–Crippen MR) is 149 cm³/mol. The monoisotopic (exact) mass is 513 g/mol. The molecule has 1 saturated carbocycles. The fourth-order valence-electron chi connectivity index (χ4n) is 5.92. The fourth-order valence-corrected chi connectivity index (χ4v) is 5.92. The van der Waals surface area contributed by atoms with Crippen molar-refractivity contribution < 1.29 is 19.1 Å². The van der Waals surface area contributed by atoms with Gasteiger partial charge >= 0.3 is 0 Å². The van der Waals surface area contributed by atoms with E-state index < -0.39 is 0 Å². The number of aromatic nitrogens is 1. The van der Waals surface area contributed by atoms with Crippen molar-refractivity contribution in [1.82, 2.24) is 14.4 Å². The van der Waals surface area contributed by atoms with E-state index in [0.717, 1.165) is 52.6 Å². The zero-order valence-corrected chi connectivity index (χ0v) is 22.6. The molecule has 5 rings (SSSR count). The molecule has 7 heteroatoms. The van der Waals surface area contributed by atoms with Crippen molar-refractivity contribution in [2.75, 3.05) is 34.8 Å². The topological polar surface area (TPSA) is 71.8 Å². The Balaban J connectivity index is 1.73. The molecule has 0 atom stereocenters. The van der Waals surface area contributed by atoms with E-state index >= 15 is 0 Å². The third-order valence-electron chi connectivity index (χ3n) is 7.94. The Kier molecular flexibility index (Phi) is 7.11. The van der Waals surface area contributed by atoms with Crippen LogP contribution in [0.5, 0.6) is 5.75 Å². The number of ether oxygens (including phenoxy) is 1. The Bertz CT molecular complexity index is 1440. The summed E-state index contributed by atoms with van der Waals surface area (Å²) in [6, 6.07) is 11.9. The zero-order chi connectivity index (χ0) is 27.0. The van der Waals surface area contributed by atoms with Crippen molar-refractivity contribution in [2.24, 2.45) is 0 Å². The number of benzene rings is 2. The maximum atomic E-state index is 13.7. The first-order valence-corrected chi connectivity index (χ1v) is 13.3. The molecule has 0 N–H and O–H groups in total. The van der Waals surface area contributed by atoms with Crippen molar-refractivity contribution in [3.63, 3.8) is 0 Å². The molecule has 2 heterocycles.